The maximum Gasteiger partial charge on any atom is 0.279 e. The number of para-hydroxylation sites is 1. The summed E-state index contributed by atoms with van der Waals surface area (Å²) in [5.41, 5.74) is 2.39. The zero-order valence-electron chi connectivity index (χ0n) is 15.7. The Kier molecular flexibility index (Phi) is 5.43. The lowest BCUT2D eigenvalue weighted by molar-refractivity contribution is 0.350. The minimum Gasteiger partial charge on any atom is -0.496 e. The van der Waals surface area contributed by atoms with Crippen molar-refractivity contribution in [2.24, 2.45) is 5.10 Å². The second-order valence-corrected chi connectivity index (χ2v) is 9.32. The topological polar surface area (TPSA) is 59.0 Å². The summed E-state index contributed by atoms with van der Waals surface area (Å²) in [4.78, 5) is 0.209. The third-order valence-electron chi connectivity index (χ3n) is 4.84. The molecular formula is C22H19BrN2O3S. The maximum atomic E-state index is 13.4. The van der Waals surface area contributed by atoms with Gasteiger partial charge in [-0.05, 0) is 35.9 Å². The fourth-order valence-electron chi connectivity index (χ4n) is 3.40. The van der Waals surface area contributed by atoms with Crippen LogP contribution in [-0.4, -0.2) is 25.7 Å². The molecule has 1 aliphatic rings. The Bertz CT molecular complexity index is 1150. The number of hydrogen-bond donors (Lipinski definition) is 0. The number of halogens is 1. The molecule has 0 fully saturated rings. The lowest BCUT2D eigenvalue weighted by atomic mass is 9.98. The first-order chi connectivity index (χ1) is 14.0. The number of ether oxygens (including phenoxy) is 1. The molecule has 29 heavy (non-hydrogen) atoms. The summed E-state index contributed by atoms with van der Waals surface area (Å²) >= 11 is 3.43. The van der Waals surface area contributed by atoms with Crippen molar-refractivity contribution in [1.29, 1.82) is 0 Å². The molecule has 5 nitrogen and oxygen atoms in total. The fourth-order valence-corrected chi connectivity index (χ4v) is 5.11. The van der Waals surface area contributed by atoms with Crippen LogP contribution in [0, 0.1) is 0 Å². The van der Waals surface area contributed by atoms with Crippen molar-refractivity contribution in [3.63, 3.8) is 0 Å². The van der Waals surface area contributed by atoms with Crippen molar-refractivity contribution in [3.8, 4) is 5.75 Å². The summed E-state index contributed by atoms with van der Waals surface area (Å²) < 4.78 is 34.5. The molecule has 0 saturated carbocycles. The van der Waals surface area contributed by atoms with Gasteiger partial charge in [0.1, 0.15) is 5.75 Å². The van der Waals surface area contributed by atoms with Gasteiger partial charge in [-0.25, -0.2) is 0 Å². The van der Waals surface area contributed by atoms with Gasteiger partial charge in [0.25, 0.3) is 10.0 Å². The predicted octanol–water partition coefficient (Wildman–Crippen LogP) is 5.00. The van der Waals surface area contributed by atoms with E-state index in [0.717, 1.165) is 15.6 Å². The van der Waals surface area contributed by atoms with Crippen molar-refractivity contribution in [2.75, 3.05) is 7.11 Å². The Labute approximate surface area is 178 Å². The van der Waals surface area contributed by atoms with E-state index in [1.165, 1.54) is 4.41 Å². The average Bonchev–Trinajstić information content (AvgIpc) is 3.21. The van der Waals surface area contributed by atoms with Crippen LogP contribution in [0.3, 0.4) is 0 Å². The third-order valence-corrected chi connectivity index (χ3v) is 7.06. The van der Waals surface area contributed by atoms with Crippen molar-refractivity contribution in [3.05, 3.63) is 94.5 Å². The van der Waals surface area contributed by atoms with Gasteiger partial charge in [-0.3, -0.25) is 0 Å². The van der Waals surface area contributed by atoms with Crippen LogP contribution in [-0.2, 0) is 10.0 Å². The molecule has 1 heterocycles. The van der Waals surface area contributed by atoms with Gasteiger partial charge in [0.2, 0.25) is 0 Å². The Morgan fingerprint density at radius 2 is 1.62 bits per heavy atom. The Hall–Kier alpha value is -2.64. The molecular weight excluding hydrogens is 452 g/mol. The van der Waals surface area contributed by atoms with Gasteiger partial charge in [-0.2, -0.15) is 17.9 Å². The standard InChI is InChI=1S/C22H19BrN2O3S/c1-28-22-10-6-5-9-19(22)21-15-20(16-11-13-17(23)14-12-16)24-25(21)29(26,27)18-7-3-2-4-8-18/h2-14,21H,15H2,1H3. The second kappa shape index (κ2) is 8.00. The zero-order valence-corrected chi connectivity index (χ0v) is 18.1. The molecule has 1 aliphatic heterocycles. The largest absolute Gasteiger partial charge is 0.496 e. The lowest BCUT2D eigenvalue weighted by Gasteiger charge is -2.24. The first-order valence-corrected chi connectivity index (χ1v) is 11.3. The average molecular weight is 471 g/mol. The van der Waals surface area contributed by atoms with E-state index >= 15 is 0 Å². The van der Waals surface area contributed by atoms with E-state index in [0.29, 0.717) is 17.9 Å². The van der Waals surface area contributed by atoms with E-state index in [1.807, 2.05) is 48.5 Å². The lowest BCUT2D eigenvalue weighted by Crippen LogP contribution is -2.27. The highest BCUT2D eigenvalue weighted by Gasteiger charge is 2.38. The SMILES string of the molecule is COc1ccccc1C1CC(c2ccc(Br)cc2)=NN1S(=O)(=O)c1ccccc1. The van der Waals surface area contributed by atoms with Crippen LogP contribution in [0.4, 0.5) is 0 Å². The smallest absolute Gasteiger partial charge is 0.279 e. The molecule has 0 amide bonds. The summed E-state index contributed by atoms with van der Waals surface area (Å²) in [5.74, 6) is 0.637. The molecule has 4 rings (SSSR count). The highest BCUT2D eigenvalue weighted by Crippen LogP contribution is 2.40. The number of benzene rings is 3. The molecule has 0 aromatic heterocycles. The number of hydrazone groups is 1. The van der Waals surface area contributed by atoms with Crippen LogP contribution < -0.4 is 4.74 Å². The van der Waals surface area contributed by atoms with E-state index < -0.39 is 16.1 Å². The van der Waals surface area contributed by atoms with E-state index in [-0.39, 0.29) is 4.90 Å². The molecule has 0 aliphatic carbocycles. The van der Waals surface area contributed by atoms with Crippen molar-refractivity contribution < 1.29 is 13.2 Å². The number of methoxy groups -OCH3 is 1. The van der Waals surface area contributed by atoms with Crippen LogP contribution in [0.25, 0.3) is 0 Å². The van der Waals surface area contributed by atoms with Gasteiger partial charge in [0.05, 0.1) is 23.8 Å². The normalized spacial score (nSPS) is 16.6. The van der Waals surface area contributed by atoms with Gasteiger partial charge >= 0.3 is 0 Å². The summed E-state index contributed by atoms with van der Waals surface area (Å²) in [7, 11) is -2.25. The molecule has 0 bridgehead atoms. The van der Waals surface area contributed by atoms with Crippen molar-refractivity contribution >= 4 is 31.7 Å². The van der Waals surface area contributed by atoms with Crippen LogP contribution in [0.5, 0.6) is 5.75 Å². The summed E-state index contributed by atoms with van der Waals surface area (Å²) in [6.45, 7) is 0. The van der Waals surface area contributed by atoms with Crippen molar-refractivity contribution in [2.45, 2.75) is 17.4 Å². The predicted molar refractivity (Wildman–Crippen MR) is 116 cm³/mol. The Balaban J connectivity index is 1.83. The van der Waals surface area contributed by atoms with E-state index in [1.54, 1.807) is 37.4 Å². The molecule has 7 heteroatoms. The van der Waals surface area contributed by atoms with E-state index in [2.05, 4.69) is 21.0 Å². The Morgan fingerprint density at radius 3 is 2.31 bits per heavy atom. The molecule has 0 radical (unpaired) electrons. The number of sulfonamides is 1. The van der Waals surface area contributed by atoms with E-state index in [9.17, 15) is 8.42 Å². The molecule has 3 aromatic rings. The van der Waals surface area contributed by atoms with Gasteiger partial charge < -0.3 is 4.74 Å². The van der Waals surface area contributed by atoms with Crippen LogP contribution in [0.15, 0.2) is 93.3 Å². The van der Waals surface area contributed by atoms with Crippen LogP contribution in [0.2, 0.25) is 0 Å². The second-order valence-electron chi connectivity index (χ2n) is 6.61. The zero-order chi connectivity index (χ0) is 20.4. The first kappa shape index (κ1) is 19.7. The molecule has 3 aromatic carbocycles. The summed E-state index contributed by atoms with van der Waals surface area (Å²) in [6.07, 6.45) is 0.452. The number of rotatable bonds is 5. The summed E-state index contributed by atoms with van der Waals surface area (Å²) in [6, 6.07) is 23.1. The van der Waals surface area contributed by atoms with Crippen molar-refractivity contribution in [1.82, 2.24) is 4.41 Å². The number of hydrogen-bond acceptors (Lipinski definition) is 4. The summed E-state index contributed by atoms with van der Waals surface area (Å²) in [5, 5.41) is 4.56. The third kappa shape index (κ3) is 3.80. The molecule has 1 atom stereocenters. The fraction of sp³-hybridized carbons (Fsp3) is 0.136. The Morgan fingerprint density at radius 1 is 0.966 bits per heavy atom. The molecule has 0 spiro atoms. The highest BCUT2D eigenvalue weighted by atomic mass is 79.9. The van der Waals surface area contributed by atoms with Gasteiger partial charge in [0.15, 0.2) is 0 Å². The maximum absolute atomic E-state index is 13.4. The first-order valence-electron chi connectivity index (χ1n) is 9.06. The monoisotopic (exact) mass is 470 g/mol. The minimum atomic E-state index is -3.83. The van der Waals surface area contributed by atoms with E-state index in [4.69, 9.17) is 4.74 Å². The minimum absolute atomic E-state index is 0.209. The van der Waals surface area contributed by atoms with Crippen LogP contribution in [0.1, 0.15) is 23.6 Å². The molecule has 148 valence electrons. The number of nitrogens with zero attached hydrogens (tertiary/aromatic N) is 2. The molecule has 0 saturated heterocycles. The van der Waals surface area contributed by atoms with Gasteiger partial charge in [-0.1, -0.05) is 64.5 Å². The highest BCUT2D eigenvalue weighted by molar-refractivity contribution is 9.10. The molecule has 0 N–H and O–H groups in total. The van der Waals surface area contributed by atoms with Gasteiger partial charge in [-0.15, -0.1) is 0 Å². The quantitative estimate of drug-likeness (QED) is 0.527. The van der Waals surface area contributed by atoms with Gasteiger partial charge in [0, 0.05) is 16.5 Å². The molecule has 1 unspecified atom stereocenters. The van der Waals surface area contributed by atoms with Crippen LogP contribution >= 0.6 is 15.9 Å².